The molecule has 0 atom stereocenters. The fourth-order valence-corrected chi connectivity index (χ4v) is 11.7. The van der Waals surface area contributed by atoms with Gasteiger partial charge in [-0.2, -0.15) is 9.97 Å². The quantitative estimate of drug-likeness (QED) is 0.159. The van der Waals surface area contributed by atoms with Gasteiger partial charge in [0.2, 0.25) is 5.95 Å². The highest BCUT2D eigenvalue weighted by Gasteiger charge is 2.22. The summed E-state index contributed by atoms with van der Waals surface area (Å²) in [6.45, 7) is 0. The monoisotopic (exact) mass is 971 g/mol. The molecule has 5 heterocycles. The molecule has 0 aliphatic rings. The molecule has 0 radical (unpaired) electrons. The highest BCUT2D eigenvalue weighted by Crippen LogP contribution is 2.42. The molecule has 354 valence electrons. The van der Waals surface area contributed by atoms with E-state index in [-0.39, 0.29) is 0 Å². The molecule has 11 aromatic carbocycles. The van der Waals surface area contributed by atoms with Crippen LogP contribution in [0, 0.1) is 0 Å². The first-order valence-corrected chi connectivity index (χ1v) is 25.6. The lowest BCUT2D eigenvalue weighted by Gasteiger charge is -2.12. The van der Waals surface area contributed by atoms with Crippen LogP contribution >= 0.6 is 0 Å². The molecule has 0 aliphatic carbocycles. The van der Waals surface area contributed by atoms with E-state index in [1.165, 1.54) is 21.8 Å². The van der Waals surface area contributed by atoms with Crippen molar-refractivity contribution in [1.29, 1.82) is 0 Å². The van der Waals surface area contributed by atoms with Gasteiger partial charge in [0.15, 0.2) is 11.6 Å². The molecule has 5 aromatic heterocycles. The van der Waals surface area contributed by atoms with Crippen LogP contribution < -0.4 is 0 Å². The summed E-state index contributed by atoms with van der Waals surface area (Å²) in [5.41, 5.74) is 17.1. The number of furan rings is 2. The minimum atomic E-state index is 0.508. The van der Waals surface area contributed by atoms with E-state index in [0.717, 1.165) is 116 Å². The highest BCUT2D eigenvalue weighted by atomic mass is 16.3. The third-order valence-corrected chi connectivity index (χ3v) is 15.2. The SMILES string of the molecule is c1ccc(-c2ccc3c(c2)c2ccccc2n3-c2nc(-c3ccc4c(c3)oc3ccccc34)nc(-c3cccc4oc5ccc(-c6cccc(-c7ccc8c(c7)c7ccccc7n8-c7ccccc7)c6)cc5c34)n2)cc1. The molecule has 76 heavy (non-hydrogen) atoms. The van der Waals surface area contributed by atoms with Crippen molar-refractivity contribution in [3.8, 4) is 67.8 Å². The fourth-order valence-electron chi connectivity index (χ4n) is 11.7. The zero-order valence-corrected chi connectivity index (χ0v) is 40.7. The van der Waals surface area contributed by atoms with Gasteiger partial charge in [0, 0.05) is 59.9 Å². The summed E-state index contributed by atoms with van der Waals surface area (Å²) in [5.74, 6) is 1.56. The third kappa shape index (κ3) is 6.59. The Morgan fingerprint density at radius 3 is 1.53 bits per heavy atom. The molecule has 0 unspecified atom stereocenters. The molecule has 0 bridgehead atoms. The Morgan fingerprint density at radius 1 is 0.263 bits per heavy atom. The van der Waals surface area contributed by atoms with Gasteiger partial charge in [-0.15, -0.1) is 0 Å². The van der Waals surface area contributed by atoms with Gasteiger partial charge in [-0.25, -0.2) is 4.98 Å². The van der Waals surface area contributed by atoms with Crippen molar-refractivity contribution in [2.45, 2.75) is 0 Å². The first-order valence-electron chi connectivity index (χ1n) is 25.6. The second-order valence-electron chi connectivity index (χ2n) is 19.5. The van der Waals surface area contributed by atoms with E-state index < -0.39 is 0 Å². The molecule has 7 heteroatoms. The molecule has 16 rings (SSSR count). The average molecular weight is 972 g/mol. The lowest BCUT2D eigenvalue weighted by Crippen LogP contribution is -2.06. The zero-order valence-electron chi connectivity index (χ0n) is 40.7. The Labute approximate surface area is 434 Å². The number of benzene rings is 11. The second-order valence-corrected chi connectivity index (χ2v) is 19.5. The van der Waals surface area contributed by atoms with E-state index in [4.69, 9.17) is 23.8 Å². The van der Waals surface area contributed by atoms with Gasteiger partial charge in [-0.05, 0) is 124 Å². The van der Waals surface area contributed by atoms with Crippen molar-refractivity contribution in [2.75, 3.05) is 0 Å². The molecular formula is C69H41N5O2. The minimum absolute atomic E-state index is 0.508. The van der Waals surface area contributed by atoms with Crippen LogP contribution in [-0.4, -0.2) is 24.1 Å². The number of hydrogen-bond acceptors (Lipinski definition) is 5. The van der Waals surface area contributed by atoms with Gasteiger partial charge >= 0.3 is 0 Å². The maximum Gasteiger partial charge on any atom is 0.238 e. The van der Waals surface area contributed by atoms with Gasteiger partial charge in [-0.1, -0.05) is 158 Å². The van der Waals surface area contributed by atoms with E-state index in [1.54, 1.807) is 0 Å². The van der Waals surface area contributed by atoms with Crippen LogP contribution in [0.3, 0.4) is 0 Å². The predicted octanol–water partition coefficient (Wildman–Crippen LogP) is 18.2. The Morgan fingerprint density at radius 2 is 0.763 bits per heavy atom. The molecule has 0 saturated carbocycles. The minimum Gasteiger partial charge on any atom is -0.456 e. The summed E-state index contributed by atoms with van der Waals surface area (Å²) in [6, 6.07) is 87.6. The van der Waals surface area contributed by atoms with Crippen LogP contribution in [0.4, 0.5) is 0 Å². The van der Waals surface area contributed by atoms with Gasteiger partial charge in [-0.3, -0.25) is 4.57 Å². The predicted molar refractivity (Wildman–Crippen MR) is 310 cm³/mol. The molecule has 0 fully saturated rings. The fraction of sp³-hybridized carbons (Fsp3) is 0. The van der Waals surface area contributed by atoms with E-state index in [1.807, 2.05) is 36.4 Å². The number of hydrogen-bond donors (Lipinski definition) is 0. The van der Waals surface area contributed by atoms with Crippen molar-refractivity contribution in [3.63, 3.8) is 0 Å². The Hall–Kier alpha value is -10.4. The highest BCUT2D eigenvalue weighted by molar-refractivity contribution is 6.14. The summed E-state index contributed by atoms with van der Waals surface area (Å²) in [7, 11) is 0. The normalized spacial score (nSPS) is 11.9. The summed E-state index contributed by atoms with van der Waals surface area (Å²) in [6.07, 6.45) is 0. The van der Waals surface area contributed by atoms with Gasteiger partial charge < -0.3 is 13.4 Å². The van der Waals surface area contributed by atoms with Gasteiger partial charge in [0.1, 0.15) is 22.3 Å². The number of para-hydroxylation sites is 4. The third-order valence-electron chi connectivity index (χ3n) is 15.2. The van der Waals surface area contributed by atoms with Gasteiger partial charge in [0.25, 0.3) is 0 Å². The number of aromatic nitrogens is 5. The largest absolute Gasteiger partial charge is 0.456 e. The van der Waals surface area contributed by atoms with Gasteiger partial charge in [0.05, 0.1) is 22.1 Å². The van der Waals surface area contributed by atoms with Crippen molar-refractivity contribution in [2.24, 2.45) is 0 Å². The summed E-state index contributed by atoms with van der Waals surface area (Å²) in [5, 5.41) is 8.67. The van der Waals surface area contributed by atoms with Crippen molar-refractivity contribution in [1.82, 2.24) is 24.1 Å². The van der Waals surface area contributed by atoms with E-state index in [0.29, 0.717) is 17.6 Å². The van der Waals surface area contributed by atoms with Crippen LogP contribution in [-0.2, 0) is 0 Å². The Bertz CT molecular complexity index is 5000. The molecule has 16 aromatic rings. The van der Waals surface area contributed by atoms with Crippen molar-refractivity contribution < 1.29 is 8.83 Å². The van der Waals surface area contributed by atoms with Crippen molar-refractivity contribution in [3.05, 3.63) is 249 Å². The van der Waals surface area contributed by atoms with E-state index in [2.05, 4.69) is 221 Å². The Kier molecular flexibility index (Phi) is 9.20. The van der Waals surface area contributed by atoms with Crippen LogP contribution in [0.2, 0.25) is 0 Å². The Balaban J connectivity index is 0.861. The molecule has 0 spiro atoms. The molecular weight excluding hydrogens is 931 g/mol. The molecule has 0 saturated heterocycles. The molecule has 0 aliphatic heterocycles. The van der Waals surface area contributed by atoms with Crippen molar-refractivity contribution >= 4 is 87.5 Å². The van der Waals surface area contributed by atoms with Crippen LogP contribution in [0.1, 0.15) is 0 Å². The standard InChI is InChI=1S/C69H41N5O2/c1-3-15-42(16-4-1)45-30-35-61-56(38-45)51-22-8-11-26-59(51)74(61)69-71-67(48-29-33-53-52-23-9-12-27-62(52)76-65(53)41-48)70-68(72-69)54-24-14-28-64-66(54)57-40-47(32-36-63(57)75-64)44-18-13-17-43(37-44)46-31-34-60-55(39-46)50-21-7-10-25-58(50)73(60)49-19-5-2-6-20-49/h1-41H. The second kappa shape index (κ2) is 16.6. The molecule has 0 N–H and O–H groups in total. The van der Waals surface area contributed by atoms with Crippen LogP contribution in [0.25, 0.3) is 155 Å². The average Bonchev–Trinajstić information content (AvgIpc) is 4.27. The first kappa shape index (κ1) is 42.2. The summed E-state index contributed by atoms with van der Waals surface area (Å²) >= 11 is 0. The van der Waals surface area contributed by atoms with E-state index in [9.17, 15) is 0 Å². The van der Waals surface area contributed by atoms with Crippen LogP contribution in [0.15, 0.2) is 258 Å². The van der Waals surface area contributed by atoms with Crippen LogP contribution in [0.5, 0.6) is 0 Å². The number of fused-ring (bicyclic) bond motifs is 12. The lowest BCUT2D eigenvalue weighted by atomic mass is 9.96. The first-order chi connectivity index (χ1) is 37.6. The maximum absolute atomic E-state index is 6.68. The summed E-state index contributed by atoms with van der Waals surface area (Å²) < 4.78 is 17.6. The molecule has 7 nitrogen and oxygen atoms in total. The molecule has 0 amide bonds. The number of rotatable bonds is 7. The maximum atomic E-state index is 6.68. The topological polar surface area (TPSA) is 74.8 Å². The number of nitrogens with zero attached hydrogens (tertiary/aromatic N) is 5. The zero-order chi connectivity index (χ0) is 49.8. The van der Waals surface area contributed by atoms with E-state index >= 15 is 0 Å². The smallest absolute Gasteiger partial charge is 0.238 e. The lowest BCUT2D eigenvalue weighted by molar-refractivity contribution is 0.668. The summed E-state index contributed by atoms with van der Waals surface area (Å²) in [4.78, 5) is 16.2.